The van der Waals surface area contributed by atoms with Crippen molar-refractivity contribution in [3.05, 3.63) is 23.8 Å². The molecule has 0 amide bonds. The van der Waals surface area contributed by atoms with E-state index in [-0.39, 0.29) is 34.4 Å². The zero-order chi connectivity index (χ0) is 22.5. The van der Waals surface area contributed by atoms with E-state index in [9.17, 15) is 9.59 Å². The minimum Gasteiger partial charge on any atom is -0.462 e. The van der Waals surface area contributed by atoms with Gasteiger partial charge in [0, 0.05) is 12.3 Å². The van der Waals surface area contributed by atoms with Crippen LogP contribution >= 0.6 is 0 Å². The molecule has 0 aromatic rings. The maximum Gasteiger partial charge on any atom is 0.311 e. The summed E-state index contributed by atoms with van der Waals surface area (Å²) in [6.45, 7) is 9.49. The van der Waals surface area contributed by atoms with Gasteiger partial charge in [-0.3, -0.25) is 9.59 Å². The number of allylic oxidation sites excluding steroid dienone is 4. The third-order valence-corrected chi connectivity index (χ3v) is 11.4. The highest BCUT2D eigenvalue weighted by atomic mass is 16.6. The van der Waals surface area contributed by atoms with Crippen LogP contribution in [0.3, 0.4) is 0 Å². The number of esters is 1. The third-order valence-electron chi connectivity index (χ3n) is 11.4. The van der Waals surface area contributed by atoms with Crippen molar-refractivity contribution >= 4 is 11.8 Å². The van der Waals surface area contributed by atoms with Gasteiger partial charge in [-0.1, -0.05) is 24.6 Å². The number of ketones is 1. The molecule has 2 bridgehead atoms. The molecule has 10 atom stereocenters. The van der Waals surface area contributed by atoms with Crippen molar-refractivity contribution in [3.63, 3.8) is 0 Å². The average molecular weight is 439 g/mol. The summed E-state index contributed by atoms with van der Waals surface area (Å²) in [4.78, 5) is 25.7. The molecule has 0 spiro atoms. The first-order valence-electron chi connectivity index (χ1n) is 12.9. The summed E-state index contributed by atoms with van der Waals surface area (Å²) in [5.74, 6) is 2.59. The number of ether oxygens (including phenoxy) is 2. The van der Waals surface area contributed by atoms with E-state index in [0.29, 0.717) is 42.0 Å². The van der Waals surface area contributed by atoms with E-state index < -0.39 is 0 Å². The molecule has 2 heterocycles. The molecule has 0 radical (unpaired) electrons. The summed E-state index contributed by atoms with van der Waals surface area (Å²) in [5.41, 5.74) is 0.948. The van der Waals surface area contributed by atoms with Gasteiger partial charge in [-0.05, 0) is 94.5 Å². The normalized spacial score (nSPS) is 54.2. The Labute approximate surface area is 192 Å². The second kappa shape index (κ2) is 6.81. The Morgan fingerprint density at radius 2 is 1.75 bits per heavy atom. The van der Waals surface area contributed by atoms with Crippen LogP contribution in [0.1, 0.15) is 72.6 Å². The minimum absolute atomic E-state index is 0.00354. The smallest absolute Gasteiger partial charge is 0.311 e. The summed E-state index contributed by atoms with van der Waals surface area (Å²) >= 11 is 0. The van der Waals surface area contributed by atoms with E-state index in [0.717, 1.165) is 25.7 Å². The monoisotopic (exact) mass is 438 g/mol. The van der Waals surface area contributed by atoms with Gasteiger partial charge in [0.15, 0.2) is 5.78 Å². The predicted molar refractivity (Wildman–Crippen MR) is 122 cm³/mol. The van der Waals surface area contributed by atoms with Gasteiger partial charge < -0.3 is 9.47 Å². The summed E-state index contributed by atoms with van der Waals surface area (Å²) in [6, 6.07) is 0. The number of hydrogen-bond donors (Lipinski definition) is 0. The van der Waals surface area contributed by atoms with Crippen LogP contribution in [0.15, 0.2) is 23.8 Å². The number of carbonyl (C=O) groups excluding carboxylic acids is 2. The summed E-state index contributed by atoms with van der Waals surface area (Å²) < 4.78 is 12.4. The molecule has 4 aliphatic carbocycles. The van der Waals surface area contributed by atoms with Crippen LogP contribution in [0, 0.1) is 46.3 Å². The maximum atomic E-state index is 13.1. The van der Waals surface area contributed by atoms with Crippen LogP contribution in [0.4, 0.5) is 0 Å². The molecule has 2 saturated carbocycles. The zero-order valence-electron chi connectivity index (χ0n) is 20.1. The van der Waals surface area contributed by atoms with Crippen molar-refractivity contribution in [2.75, 3.05) is 6.61 Å². The summed E-state index contributed by atoms with van der Waals surface area (Å²) in [6.07, 6.45) is 13.9. The van der Waals surface area contributed by atoms with Crippen molar-refractivity contribution in [1.82, 2.24) is 0 Å². The zero-order valence-corrected chi connectivity index (χ0v) is 20.1. The highest BCUT2D eigenvalue weighted by Crippen LogP contribution is 2.67. The number of carbonyl (C=O) groups is 2. The molecule has 1 unspecified atom stereocenters. The largest absolute Gasteiger partial charge is 0.462 e. The van der Waals surface area contributed by atoms with Crippen molar-refractivity contribution < 1.29 is 19.1 Å². The SMILES string of the molecule is C[C@H]1C(=O)O[C@@H]2CC1(C)OC[C@H]2[C@H]1CC[C@H]2[C@@H]3CC=C4CC=CC(=O)[C@]4(C)[C@H]3CC[C@]12C. The molecule has 32 heavy (non-hydrogen) atoms. The Morgan fingerprint density at radius 3 is 2.53 bits per heavy atom. The van der Waals surface area contributed by atoms with Crippen LogP contribution in [0.25, 0.3) is 0 Å². The second-order valence-electron chi connectivity index (χ2n) is 12.4. The van der Waals surface area contributed by atoms with Crippen LogP contribution in [0.2, 0.25) is 0 Å². The molecule has 2 aliphatic heterocycles. The molecule has 6 aliphatic rings. The fraction of sp³-hybridized carbons (Fsp3) is 0.786. The van der Waals surface area contributed by atoms with E-state index in [1.807, 2.05) is 13.0 Å². The molecule has 0 aromatic carbocycles. The Kier molecular flexibility index (Phi) is 4.50. The van der Waals surface area contributed by atoms with Gasteiger partial charge in [0.25, 0.3) is 0 Å². The first-order chi connectivity index (χ1) is 15.2. The lowest BCUT2D eigenvalue weighted by atomic mass is 9.47. The van der Waals surface area contributed by atoms with Gasteiger partial charge in [0.2, 0.25) is 0 Å². The first-order valence-corrected chi connectivity index (χ1v) is 12.9. The molecule has 6 rings (SSSR count). The average Bonchev–Trinajstić information content (AvgIpc) is 3.10. The molecule has 174 valence electrons. The molecule has 4 heteroatoms. The quantitative estimate of drug-likeness (QED) is 0.414. The molecule has 0 N–H and O–H groups in total. The van der Waals surface area contributed by atoms with Crippen molar-refractivity contribution in [2.45, 2.75) is 84.3 Å². The molecular formula is C28H38O4. The van der Waals surface area contributed by atoms with E-state index in [1.54, 1.807) is 0 Å². The lowest BCUT2D eigenvalue weighted by Crippen LogP contribution is -2.60. The van der Waals surface area contributed by atoms with Crippen molar-refractivity contribution in [2.24, 2.45) is 46.3 Å². The summed E-state index contributed by atoms with van der Waals surface area (Å²) in [5, 5.41) is 0. The van der Waals surface area contributed by atoms with Gasteiger partial charge in [-0.25, -0.2) is 0 Å². The highest BCUT2D eigenvalue weighted by molar-refractivity contribution is 5.98. The van der Waals surface area contributed by atoms with E-state index in [1.165, 1.54) is 24.8 Å². The first kappa shape index (κ1) is 21.1. The maximum absolute atomic E-state index is 13.1. The minimum atomic E-state index is -0.374. The topological polar surface area (TPSA) is 52.6 Å². The number of rotatable bonds is 1. The van der Waals surface area contributed by atoms with E-state index >= 15 is 0 Å². The Hall–Kier alpha value is -1.42. The third kappa shape index (κ3) is 2.59. The van der Waals surface area contributed by atoms with Gasteiger partial charge in [-0.2, -0.15) is 0 Å². The molecule has 0 aromatic heterocycles. The van der Waals surface area contributed by atoms with Crippen LogP contribution < -0.4 is 0 Å². The Balaban J connectivity index is 1.28. The Bertz CT molecular complexity index is 918. The standard InChI is InChI=1S/C28H38O4/c1-16-25(30)32-23-14-27(16,3)31-15-19(23)21-11-10-20-18-9-8-17-6-5-7-24(29)28(17,4)22(18)12-13-26(20,21)2/h5,7-8,16,18-23H,6,9-15H2,1-4H3/t16-,18-,19-,20-,21+,22-,23+,26-,27?,28-/m0/s1. The number of hydrogen-bond acceptors (Lipinski definition) is 4. The lowest BCUT2D eigenvalue weighted by molar-refractivity contribution is -0.234. The van der Waals surface area contributed by atoms with E-state index in [4.69, 9.17) is 9.47 Å². The van der Waals surface area contributed by atoms with E-state index in [2.05, 4.69) is 32.9 Å². The fourth-order valence-corrected chi connectivity index (χ4v) is 9.22. The van der Waals surface area contributed by atoms with Crippen LogP contribution in [0.5, 0.6) is 0 Å². The number of fused-ring (bicyclic) bond motifs is 7. The van der Waals surface area contributed by atoms with Gasteiger partial charge in [-0.15, -0.1) is 0 Å². The molecule has 4 nitrogen and oxygen atoms in total. The highest BCUT2D eigenvalue weighted by Gasteiger charge is 2.63. The molecule has 2 saturated heterocycles. The van der Waals surface area contributed by atoms with Crippen LogP contribution in [-0.2, 0) is 19.1 Å². The van der Waals surface area contributed by atoms with Gasteiger partial charge in [0.05, 0.1) is 23.5 Å². The van der Waals surface area contributed by atoms with Crippen molar-refractivity contribution in [3.8, 4) is 0 Å². The molecular weight excluding hydrogens is 400 g/mol. The van der Waals surface area contributed by atoms with Crippen LogP contribution in [-0.4, -0.2) is 30.1 Å². The second-order valence-corrected chi connectivity index (χ2v) is 12.4. The summed E-state index contributed by atoms with van der Waals surface area (Å²) in [7, 11) is 0. The lowest BCUT2D eigenvalue weighted by Gasteiger charge is -2.58. The predicted octanol–water partition coefficient (Wildman–Crippen LogP) is 5.27. The van der Waals surface area contributed by atoms with Gasteiger partial charge in [0.1, 0.15) is 6.10 Å². The van der Waals surface area contributed by atoms with Gasteiger partial charge >= 0.3 is 5.97 Å². The Morgan fingerprint density at radius 1 is 1.00 bits per heavy atom. The fourth-order valence-electron chi connectivity index (χ4n) is 9.22. The van der Waals surface area contributed by atoms with Crippen molar-refractivity contribution in [1.29, 1.82) is 0 Å². The molecule has 4 fully saturated rings.